The van der Waals surface area contributed by atoms with Gasteiger partial charge in [-0.05, 0) is 19.1 Å². The van der Waals surface area contributed by atoms with Crippen LogP contribution in [0, 0.1) is 0 Å². The second-order valence-electron chi connectivity index (χ2n) is 5.18. The maximum Gasteiger partial charge on any atom is 0.287 e. The molecule has 0 aliphatic heterocycles. The number of hydrogen-bond donors (Lipinski definition) is 3. The Hall–Kier alpha value is -2.78. The molecule has 0 spiro atoms. The van der Waals surface area contributed by atoms with Gasteiger partial charge in [-0.2, -0.15) is 0 Å². The van der Waals surface area contributed by atoms with E-state index in [9.17, 15) is 9.59 Å². The van der Waals surface area contributed by atoms with Crippen molar-refractivity contribution in [3.8, 4) is 0 Å². The summed E-state index contributed by atoms with van der Waals surface area (Å²) < 4.78 is 1.73. The summed E-state index contributed by atoms with van der Waals surface area (Å²) in [6, 6.07) is 7.09. The molecule has 9 heteroatoms. The number of thiazole rings is 1. The molecule has 0 saturated heterocycles. The Bertz CT molecular complexity index is 917. The second-order valence-corrected chi connectivity index (χ2v) is 6.24. The smallest absolute Gasteiger partial charge is 0.287 e. The van der Waals surface area contributed by atoms with Gasteiger partial charge in [-0.15, -0.1) is 11.3 Å². The van der Waals surface area contributed by atoms with Crippen LogP contribution in [0.1, 0.15) is 38.3 Å². The fourth-order valence-electron chi connectivity index (χ4n) is 2.32. The largest absolute Gasteiger partial charge is 0.340 e. The molecule has 0 aliphatic carbocycles. The van der Waals surface area contributed by atoms with E-state index in [-0.39, 0.29) is 10.8 Å². The predicted molar refractivity (Wildman–Crippen MR) is 88.0 cm³/mol. The van der Waals surface area contributed by atoms with Gasteiger partial charge >= 0.3 is 0 Å². The molecule has 2 amide bonds. The number of benzene rings is 1. The molecule has 2 aromatic heterocycles. The van der Waals surface area contributed by atoms with Gasteiger partial charge in [0.15, 0.2) is 5.82 Å². The summed E-state index contributed by atoms with van der Waals surface area (Å²) >= 11 is 1.09. The van der Waals surface area contributed by atoms with E-state index in [0.717, 1.165) is 22.4 Å². The number of amides is 2. The van der Waals surface area contributed by atoms with E-state index < -0.39 is 11.9 Å². The Morgan fingerprint density at radius 2 is 2.04 bits per heavy atom. The molecule has 2 heterocycles. The fourth-order valence-corrected chi connectivity index (χ4v) is 3.13. The van der Waals surface area contributed by atoms with Crippen molar-refractivity contribution < 1.29 is 14.8 Å². The van der Waals surface area contributed by atoms with E-state index in [2.05, 4.69) is 15.3 Å². The number of aromatic nitrogens is 3. The first-order valence-corrected chi connectivity index (χ1v) is 7.95. The molecule has 0 radical (unpaired) electrons. The molecule has 0 unspecified atom stereocenters. The average molecular weight is 345 g/mol. The summed E-state index contributed by atoms with van der Waals surface area (Å²) in [4.78, 5) is 32.5. The standard InChI is InChI=1S/C15H15N5O3S/c1-8(15-16-7-11(24-15)13(21)19-23)17-14(22)12-18-9-5-3-4-6-10(9)20(12)2/h3-8,23H,1-2H3,(H,17,22)(H,19,21)/t8-/m0/s1. The lowest BCUT2D eigenvalue weighted by Crippen LogP contribution is -2.28. The van der Waals surface area contributed by atoms with Crippen molar-refractivity contribution >= 4 is 34.2 Å². The molecule has 8 nitrogen and oxygen atoms in total. The fraction of sp³-hybridized carbons (Fsp3) is 0.200. The molecular formula is C15H15N5O3S. The van der Waals surface area contributed by atoms with Crippen molar-refractivity contribution in [3.63, 3.8) is 0 Å². The van der Waals surface area contributed by atoms with Crippen LogP contribution in [-0.4, -0.2) is 31.6 Å². The molecule has 1 aromatic carbocycles. The molecule has 0 fully saturated rings. The maximum absolute atomic E-state index is 12.5. The van der Waals surface area contributed by atoms with Crippen molar-refractivity contribution in [1.29, 1.82) is 0 Å². The molecule has 0 saturated carbocycles. The number of para-hydroxylation sites is 2. The number of rotatable bonds is 4. The van der Waals surface area contributed by atoms with Crippen LogP contribution in [-0.2, 0) is 7.05 Å². The highest BCUT2D eigenvalue weighted by atomic mass is 32.1. The van der Waals surface area contributed by atoms with Gasteiger partial charge in [0.1, 0.15) is 9.88 Å². The zero-order valence-electron chi connectivity index (χ0n) is 13.0. The van der Waals surface area contributed by atoms with Crippen LogP contribution in [0.25, 0.3) is 11.0 Å². The highest BCUT2D eigenvalue weighted by molar-refractivity contribution is 7.13. The third-order valence-corrected chi connectivity index (χ3v) is 4.74. The van der Waals surface area contributed by atoms with Crippen LogP contribution in [0.2, 0.25) is 0 Å². The summed E-state index contributed by atoms with van der Waals surface area (Å²) in [5, 5.41) is 12.0. The zero-order chi connectivity index (χ0) is 17.3. The predicted octanol–water partition coefficient (Wildman–Crippen LogP) is 1.64. The molecule has 124 valence electrons. The normalized spacial score (nSPS) is 12.1. The molecule has 0 bridgehead atoms. The Labute approximate surface area is 141 Å². The number of carbonyl (C=O) groups excluding carboxylic acids is 2. The van der Waals surface area contributed by atoms with Gasteiger partial charge in [-0.25, -0.2) is 15.4 Å². The average Bonchev–Trinajstić information content (AvgIpc) is 3.20. The Morgan fingerprint density at radius 1 is 1.29 bits per heavy atom. The quantitative estimate of drug-likeness (QED) is 0.492. The van der Waals surface area contributed by atoms with Crippen LogP contribution in [0.5, 0.6) is 0 Å². The number of carbonyl (C=O) groups is 2. The van der Waals surface area contributed by atoms with Gasteiger partial charge in [0.05, 0.1) is 23.3 Å². The first kappa shape index (κ1) is 16.1. The lowest BCUT2D eigenvalue weighted by molar-refractivity contribution is 0.0710. The van der Waals surface area contributed by atoms with Crippen LogP contribution >= 0.6 is 11.3 Å². The Morgan fingerprint density at radius 3 is 2.75 bits per heavy atom. The van der Waals surface area contributed by atoms with E-state index in [1.807, 2.05) is 24.3 Å². The van der Waals surface area contributed by atoms with Gasteiger partial charge in [-0.1, -0.05) is 12.1 Å². The first-order valence-electron chi connectivity index (χ1n) is 7.13. The molecule has 3 rings (SSSR count). The molecule has 24 heavy (non-hydrogen) atoms. The summed E-state index contributed by atoms with van der Waals surface area (Å²) in [6.07, 6.45) is 1.35. The minimum atomic E-state index is -0.632. The van der Waals surface area contributed by atoms with E-state index in [1.165, 1.54) is 6.20 Å². The third kappa shape index (κ3) is 2.86. The summed E-state index contributed by atoms with van der Waals surface area (Å²) in [5.41, 5.74) is 3.16. The molecule has 3 aromatic rings. The van der Waals surface area contributed by atoms with E-state index in [0.29, 0.717) is 10.8 Å². The van der Waals surface area contributed by atoms with Crippen LogP contribution in [0.3, 0.4) is 0 Å². The van der Waals surface area contributed by atoms with Gasteiger partial charge in [0, 0.05) is 7.05 Å². The van der Waals surface area contributed by atoms with E-state index >= 15 is 0 Å². The molecule has 0 aliphatic rings. The van der Waals surface area contributed by atoms with Crippen molar-refractivity contribution in [1.82, 2.24) is 25.3 Å². The summed E-state index contributed by atoms with van der Waals surface area (Å²) in [7, 11) is 1.78. The minimum absolute atomic E-state index is 0.260. The number of fused-ring (bicyclic) bond motifs is 1. The van der Waals surface area contributed by atoms with Gasteiger partial charge < -0.3 is 9.88 Å². The third-order valence-electron chi connectivity index (χ3n) is 3.56. The highest BCUT2D eigenvalue weighted by Gasteiger charge is 2.20. The number of nitrogens with one attached hydrogen (secondary N) is 2. The van der Waals surface area contributed by atoms with E-state index in [1.54, 1.807) is 24.0 Å². The topological polar surface area (TPSA) is 109 Å². The number of aryl methyl sites for hydroxylation is 1. The minimum Gasteiger partial charge on any atom is -0.340 e. The van der Waals surface area contributed by atoms with Crippen molar-refractivity contribution in [3.05, 3.63) is 46.2 Å². The van der Waals surface area contributed by atoms with Crippen molar-refractivity contribution in [2.24, 2.45) is 7.05 Å². The lowest BCUT2D eigenvalue weighted by atomic mass is 10.3. The summed E-state index contributed by atoms with van der Waals surface area (Å²) in [5.74, 6) is -0.662. The van der Waals surface area contributed by atoms with Crippen LogP contribution in [0.4, 0.5) is 0 Å². The van der Waals surface area contributed by atoms with Gasteiger partial charge in [-0.3, -0.25) is 14.8 Å². The van der Waals surface area contributed by atoms with Crippen LogP contribution < -0.4 is 10.8 Å². The number of hydroxylamine groups is 1. The van der Waals surface area contributed by atoms with Crippen LogP contribution in [0.15, 0.2) is 30.5 Å². The molecular weight excluding hydrogens is 330 g/mol. The van der Waals surface area contributed by atoms with Gasteiger partial charge in [0.25, 0.3) is 11.8 Å². The van der Waals surface area contributed by atoms with Gasteiger partial charge in [0.2, 0.25) is 0 Å². The number of nitrogens with zero attached hydrogens (tertiary/aromatic N) is 3. The number of imidazole rings is 1. The SMILES string of the molecule is C[C@H](NC(=O)c1nc2ccccc2n1C)c1ncc(C(=O)NO)s1. The van der Waals surface area contributed by atoms with E-state index in [4.69, 9.17) is 5.21 Å². The zero-order valence-corrected chi connectivity index (χ0v) is 13.8. The number of hydrogen-bond acceptors (Lipinski definition) is 6. The molecule has 3 N–H and O–H groups in total. The van der Waals surface area contributed by atoms with Crippen molar-refractivity contribution in [2.75, 3.05) is 0 Å². The van der Waals surface area contributed by atoms with Crippen molar-refractivity contribution in [2.45, 2.75) is 13.0 Å². The summed E-state index contributed by atoms with van der Waals surface area (Å²) in [6.45, 7) is 1.76. The maximum atomic E-state index is 12.5. The Balaban J connectivity index is 1.79. The second kappa shape index (κ2) is 6.38. The molecule has 1 atom stereocenters. The lowest BCUT2D eigenvalue weighted by Gasteiger charge is -2.10. The first-order chi connectivity index (χ1) is 11.5. The highest BCUT2D eigenvalue weighted by Crippen LogP contribution is 2.21. The Kier molecular flexibility index (Phi) is 4.28. The monoisotopic (exact) mass is 345 g/mol.